The van der Waals surface area contributed by atoms with Crippen LogP contribution in [0.2, 0.25) is 0 Å². The minimum absolute atomic E-state index is 0.320. The lowest BCUT2D eigenvalue weighted by Crippen LogP contribution is -2.32. The van der Waals surface area contributed by atoms with Crippen LogP contribution in [0.5, 0.6) is 0 Å². The summed E-state index contributed by atoms with van der Waals surface area (Å²) in [6, 6.07) is 3.96. The summed E-state index contributed by atoms with van der Waals surface area (Å²) in [6.07, 6.45) is 6.63. The van der Waals surface area contributed by atoms with Gasteiger partial charge in [-0.25, -0.2) is 9.97 Å². The van der Waals surface area contributed by atoms with Crippen LogP contribution in [-0.2, 0) is 11.2 Å². The van der Waals surface area contributed by atoms with Gasteiger partial charge in [0.25, 0.3) is 0 Å². The molecular weight excluding hydrogens is 240 g/mol. The van der Waals surface area contributed by atoms with E-state index in [2.05, 4.69) is 14.9 Å². The van der Waals surface area contributed by atoms with E-state index in [4.69, 9.17) is 9.72 Å². The Labute approximate surface area is 113 Å². The Kier molecular flexibility index (Phi) is 3.75. The number of hydrogen-bond donors (Lipinski definition) is 1. The highest BCUT2D eigenvalue weighted by atomic mass is 16.5. The van der Waals surface area contributed by atoms with Crippen LogP contribution < -0.4 is 5.32 Å². The average molecular weight is 260 g/mol. The number of hydrogen-bond acceptors (Lipinski definition) is 4. The molecule has 0 spiro atoms. The van der Waals surface area contributed by atoms with Crippen LogP contribution in [0.1, 0.15) is 31.3 Å². The van der Waals surface area contributed by atoms with Gasteiger partial charge in [0.1, 0.15) is 11.3 Å². The van der Waals surface area contributed by atoms with Crippen molar-refractivity contribution in [3.63, 3.8) is 0 Å². The normalized spacial score (nSPS) is 19.9. The highest BCUT2D eigenvalue weighted by Crippen LogP contribution is 2.24. The van der Waals surface area contributed by atoms with E-state index in [9.17, 15) is 0 Å². The molecule has 0 aromatic carbocycles. The molecule has 0 bridgehead atoms. The molecule has 1 aliphatic rings. The summed E-state index contributed by atoms with van der Waals surface area (Å²) in [5.41, 5.74) is 1.95. The molecule has 0 radical (unpaired) electrons. The number of rotatable bonds is 4. The summed E-state index contributed by atoms with van der Waals surface area (Å²) in [5, 5.41) is 3.57. The number of fused-ring (bicyclic) bond motifs is 1. The number of nitrogens with one attached hydrogen (secondary N) is 1. The molecule has 1 aliphatic heterocycles. The van der Waals surface area contributed by atoms with Crippen molar-refractivity contribution in [1.29, 1.82) is 0 Å². The summed E-state index contributed by atoms with van der Waals surface area (Å²) in [6.45, 7) is 1.76. The van der Waals surface area contributed by atoms with Gasteiger partial charge in [0.15, 0.2) is 5.65 Å². The highest BCUT2D eigenvalue weighted by molar-refractivity contribution is 5.71. The third-order valence-electron chi connectivity index (χ3n) is 3.65. The first-order valence-corrected chi connectivity index (χ1v) is 6.94. The SMILES string of the molecule is COCCc1nc2cccnc2n1C1CCCCN1. The smallest absolute Gasteiger partial charge is 0.161 e. The predicted molar refractivity (Wildman–Crippen MR) is 74.0 cm³/mol. The molecule has 1 unspecified atom stereocenters. The highest BCUT2D eigenvalue weighted by Gasteiger charge is 2.21. The lowest BCUT2D eigenvalue weighted by Gasteiger charge is -2.26. The summed E-state index contributed by atoms with van der Waals surface area (Å²) < 4.78 is 7.45. The Morgan fingerprint density at radius 1 is 1.47 bits per heavy atom. The lowest BCUT2D eigenvalue weighted by molar-refractivity contribution is 0.197. The van der Waals surface area contributed by atoms with Crippen molar-refractivity contribution in [2.45, 2.75) is 31.8 Å². The average Bonchev–Trinajstić information content (AvgIpc) is 2.84. The number of aromatic nitrogens is 3. The fraction of sp³-hybridized carbons (Fsp3) is 0.571. The zero-order chi connectivity index (χ0) is 13.1. The van der Waals surface area contributed by atoms with E-state index in [1.807, 2.05) is 18.3 Å². The summed E-state index contributed by atoms with van der Waals surface area (Å²) in [7, 11) is 1.73. The van der Waals surface area contributed by atoms with E-state index in [1.165, 1.54) is 12.8 Å². The van der Waals surface area contributed by atoms with E-state index < -0.39 is 0 Å². The van der Waals surface area contributed by atoms with Crippen molar-refractivity contribution < 1.29 is 4.74 Å². The Balaban J connectivity index is 2.01. The molecule has 1 saturated heterocycles. The Hall–Kier alpha value is -1.46. The Bertz CT molecular complexity index is 545. The van der Waals surface area contributed by atoms with E-state index in [0.717, 1.165) is 36.4 Å². The molecular formula is C14H20N4O. The topological polar surface area (TPSA) is 52.0 Å². The van der Waals surface area contributed by atoms with E-state index >= 15 is 0 Å². The van der Waals surface area contributed by atoms with Crippen molar-refractivity contribution in [1.82, 2.24) is 19.9 Å². The monoisotopic (exact) mass is 260 g/mol. The van der Waals surface area contributed by atoms with Crippen molar-refractivity contribution >= 4 is 11.2 Å². The van der Waals surface area contributed by atoms with Gasteiger partial charge in [-0.2, -0.15) is 0 Å². The second-order valence-electron chi connectivity index (χ2n) is 4.95. The van der Waals surface area contributed by atoms with Crippen LogP contribution in [0.15, 0.2) is 18.3 Å². The Morgan fingerprint density at radius 2 is 2.42 bits per heavy atom. The number of nitrogens with zero attached hydrogens (tertiary/aromatic N) is 3. The molecule has 0 saturated carbocycles. The maximum absolute atomic E-state index is 5.19. The van der Waals surface area contributed by atoms with Gasteiger partial charge in [0.2, 0.25) is 0 Å². The van der Waals surface area contributed by atoms with Gasteiger partial charge in [-0.1, -0.05) is 0 Å². The van der Waals surface area contributed by atoms with Gasteiger partial charge in [0, 0.05) is 19.7 Å². The molecule has 0 amide bonds. The molecule has 102 valence electrons. The third-order valence-corrected chi connectivity index (χ3v) is 3.65. The maximum atomic E-state index is 5.19. The molecule has 2 aromatic heterocycles. The molecule has 1 N–H and O–H groups in total. The van der Waals surface area contributed by atoms with Crippen molar-refractivity contribution in [2.24, 2.45) is 0 Å². The van der Waals surface area contributed by atoms with Crippen LogP contribution in [0.4, 0.5) is 0 Å². The number of methoxy groups -OCH3 is 1. The molecule has 19 heavy (non-hydrogen) atoms. The molecule has 3 heterocycles. The first kappa shape index (κ1) is 12.6. The molecule has 2 aromatic rings. The minimum atomic E-state index is 0.320. The number of imidazole rings is 1. The largest absolute Gasteiger partial charge is 0.384 e. The maximum Gasteiger partial charge on any atom is 0.161 e. The van der Waals surface area contributed by atoms with Crippen molar-refractivity contribution in [3.8, 4) is 0 Å². The predicted octanol–water partition coefficient (Wildman–Crippen LogP) is 1.89. The van der Waals surface area contributed by atoms with Crippen LogP contribution in [0.25, 0.3) is 11.2 Å². The summed E-state index contributed by atoms with van der Waals surface area (Å²) in [5.74, 6) is 1.06. The van der Waals surface area contributed by atoms with Gasteiger partial charge in [-0.05, 0) is 37.9 Å². The van der Waals surface area contributed by atoms with Crippen LogP contribution in [0.3, 0.4) is 0 Å². The zero-order valence-corrected chi connectivity index (χ0v) is 11.3. The van der Waals surface area contributed by atoms with E-state index in [1.54, 1.807) is 7.11 Å². The van der Waals surface area contributed by atoms with Gasteiger partial charge in [0.05, 0.1) is 12.8 Å². The van der Waals surface area contributed by atoms with Gasteiger partial charge >= 0.3 is 0 Å². The van der Waals surface area contributed by atoms with Crippen LogP contribution in [-0.4, -0.2) is 34.8 Å². The van der Waals surface area contributed by atoms with Crippen molar-refractivity contribution in [2.75, 3.05) is 20.3 Å². The summed E-state index contributed by atoms with van der Waals surface area (Å²) in [4.78, 5) is 9.21. The van der Waals surface area contributed by atoms with Gasteiger partial charge < -0.3 is 4.74 Å². The number of pyridine rings is 1. The third kappa shape index (κ3) is 2.48. The van der Waals surface area contributed by atoms with Crippen LogP contribution in [0, 0.1) is 0 Å². The second-order valence-corrected chi connectivity index (χ2v) is 4.95. The minimum Gasteiger partial charge on any atom is -0.384 e. The first-order chi connectivity index (χ1) is 9.40. The van der Waals surface area contributed by atoms with Gasteiger partial charge in [-0.3, -0.25) is 9.88 Å². The molecule has 0 aliphatic carbocycles. The standard InChI is InChI=1S/C14H20N4O/c1-19-10-7-13-17-11-5-4-9-16-14(11)18(13)12-6-2-3-8-15-12/h4-5,9,12,15H,2-3,6-8,10H2,1H3. The first-order valence-electron chi connectivity index (χ1n) is 6.94. The van der Waals surface area contributed by atoms with E-state index in [-0.39, 0.29) is 0 Å². The second kappa shape index (κ2) is 5.67. The van der Waals surface area contributed by atoms with Crippen molar-refractivity contribution in [3.05, 3.63) is 24.2 Å². The Morgan fingerprint density at radius 3 is 3.21 bits per heavy atom. The molecule has 5 heteroatoms. The fourth-order valence-electron chi connectivity index (χ4n) is 2.73. The quantitative estimate of drug-likeness (QED) is 0.912. The molecule has 1 atom stereocenters. The van der Waals surface area contributed by atoms with E-state index in [0.29, 0.717) is 12.8 Å². The number of piperidine rings is 1. The fourth-order valence-corrected chi connectivity index (χ4v) is 2.73. The lowest BCUT2D eigenvalue weighted by atomic mass is 10.1. The van der Waals surface area contributed by atoms with Crippen LogP contribution >= 0.6 is 0 Å². The van der Waals surface area contributed by atoms with Gasteiger partial charge in [-0.15, -0.1) is 0 Å². The molecule has 1 fully saturated rings. The molecule has 3 rings (SSSR count). The molecule has 5 nitrogen and oxygen atoms in total. The summed E-state index contributed by atoms with van der Waals surface area (Å²) >= 11 is 0. The zero-order valence-electron chi connectivity index (χ0n) is 11.3. The number of ether oxygens (including phenoxy) is 1.